The summed E-state index contributed by atoms with van der Waals surface area (Å²) in [6, 6.07) is 3.43. The molecule has 1 fully saturated rings. The molecule has 0 radical (unpaired) electrons. The van der Waals surface area contributed by atoms with Crippen LogP contribution in [0.2, 0.25) is 0 Å². The van der Waals surface area contributed by atoms with Gasteiger partial charge in [0.15, 0.2) is 5.75 Å². The normalized spacial score (nSPS) is 18.8. The predicted octanol–water partition coefficient (Wildman–Crippen LogP) is 2.15. The molecule has 0 saturated heterocycles. The first kappa shape index (κ1) is 16.2. The molecule has 1 amide bonds. The Labute approximate surface area is 140 Å². The molecule has 2 atom stereocenters. The molecule has 0 bridgehead atoms. The molecule has 2 aromatic heterocycles. The van der Waals surface area contributed by atoms with Crippen LogP contribution in [0, 0.1) is 25.7 Å². The van der Waals surface area contributed by atoms with Crippen molar-refractivity contribution in [1.29, 1.82) is 0 Å². The van der Waals surface area contributed by atoms with E-state index in [9.17, 15) is 4.79 Å². The van der Waals surface area contributed by atoms with E-state index in [1.165, 1.54) is 0 Å². The van der Waals surface area contributed by atoms with E-state index in [4.69, 9.17) is 9.47 Å². The molecule has 1 N–H and O–H groups in total. The van der Waals surface area contributed by atoms with Crippen LogP contribution < -0.4 is 14.8 Å². The summed E-state index contributed by atoms with van der Waals surface area (Å²) in [5.41, 5.74) is 1.49. The van der Waals surface area contributed by atoms with Crippen molar-refractivity contribution in [3.05, 3.63) is 36.0 Å². The van der Waals surface area contributed by atoms with Crippen molar-refractivity contribution in [3.63, 3.8) is 0 Å². The van der Waals surface area contributed by atoms with Gasteiger partial charge < -0.3 is 14.8 Å². The second-order valence-corrected chi connectivity index (χ2v) is 5.86. The zero-order valence-corrected chi connectivity index (χ0v) is 13.9. The highest BCUT2D eigenvalue weighted by Gasteiger charge is 2.43. The highest BCUT2D eigenvalue weighted by atomic mass is 16.5. The fourth-order valence-corrected chi connectivity index (χ4v) is 2.50. The van der Waals surface area contributed by atoms with E-state index in [0.717, 1.165) is 17.9 Å². The zero-order chi connectivity index (χ0) is 17.1. The number of hydrogen-bond donors (Lipinski definition) is 1. The summed E-state index contributed by atoms with van der Waals surface area (Å²) >= 11 is 0. The number of rotatable bonds is 6. The molecule has 126 valence electrons. The fraction of sp³-hybridized carbons (Fsp3) is 0.412. The van der Waals surface area contributed by atoms with Gasteiger partial charge in [-0.15, -0.1) is 0 Å². The number of amides is 1. The number of carbonyl (C=O) groups is 1. The topological polar surface area (TPSA) is 86.2 Å². The average molecular weight is 328 g/mol. The van der Waals surface area contributed by atoms with Crippen molar-refractivity contribution in [2.45, 2.75) is 20.3 Å². The van der Waals surface area contributed by atoms with Crippen LogP contribution in [0.5, 0.6) is 11.6 Å². The smallest absolute Gasteiger partial charge is 0.227 e. The van der Waals surface area contributed by atoms with E-state index < -0.39 is 0 Å². The Hall–Kier alpha value is -2.70. The van der Waals surface area contributed by atoms with Crippen LogP contribution >= 0.6 is 0 Å². The molecule has 2 aromatic rings. The summed E-state index contributed by atoms with van der Waals surface area (Å²) in [5.74, 6) is 2.04. The molecule has 2 unspecified atom stereocenters. The molecule has 1 aliphatic carbocycles. The molecule has 7 heteroatoms. The summed E-state index contributed by atoms with van der Waals surface area (Å²) in [5, 5.41) is 2.89. The number of ether oxygens (including phenoxy) is 2. The van der Waals surface area contributed by atoms with Gasteiger partial charge in [0.25, 0.3) is 0 Å². The average Bonchev–Trinajstić information content (AvgIpc) is 3.34. The van der Waals surface area contributed by atoms with Gasteiger partial charge in [-0.2, -0.15) is 0 Å². The molecule has 1 aliphatic rings. The predicted molar refractivity (Wildman–Crippen MR) is 88.0 cm³/mol. The Bertz CT molecular complexity index is 750. The van der Waals surface area contributed by atoms with E-state index in [1.54, 1.807) is 31.6 Å². The van der Waals surface area contributed by atoms with Crippen LogP contribution in [0.25, 0.3) is 0 Å². The molecular weight excluding hydrogens is 308 g/mol. The standard InChI is InChI=1S/C17H20N4O3/c1-10-15(8-19-11(2)20-10)24-9-12-6-14(12)17(22)21-13-4-5-18-16(7-13)23-3/h4-5,7-8,12,14H,6,9H2,1-3H3,(H,18,21,22). The van der Waals surface area contributed by atoms with Crippen molar-refractivity contribution in [1.82, 2.24) is 15.0 Å². The Morgan fingerprint density at radius 2 is 2.21 bits per heavy atom. The number of aryl methyl sites for hydroxylation is 2. The lowest BCUT2D eigenvalue weighted by Gasteiger charge is -2.09. The molecule has 2 heterocycles. The molecule has 7 nitrogen and oxygen atoms in total. The van der Waals surface area contributed by atoms with E-state index in [2.05, 4.69) is 20.3 Å². The van der Waals surface area contributed by atoms with Crippen LogP contribution in [0.1, 0.15) is 17.9 Å². The van der Waals surface area contributed by atoms with E-state index in [1.807, 2.05) is 13.8 Å². The number of nitrogens with one attached hydrogen (secondary N) is 1. The van der Waals surface area contributed by atoms with E-state index >= 15 is 0 Å². The third-order valence-corrected chi connectivity index (χ3v) is 3.98. The quantitative estimate of drug-likeness (QED) is 0.874. The lowest BCUT2D eigenvalue weighted by atomic mass is 10.3. The molecule has 0 aliphatic heterocycles. The minimum atomic E-state index is -0.0316. The zero-order valence-electron chi connectivity index (χ0n) is 13.9. The third-order valence-electron chi connectivity index (χ3n) is 3.98. The Kier molecular flexibility index (Phi) is 4.59. The Balaban J connectivity index is 1.50. The summed E-state index contributed by atoms with van der Waals surface area (Å²) < 4.78 is 10.8. The van der Waals surface area contributed by atoms with Crippen LogP contribution in [0.4, 0.5) is 5.69 Å². The number of carbonyl (C=O) groups excluding carboxylic acids is 1. The molecule has 0 spiro atoms. The summed E-state index contributed by atoms with van der Waals surface area (Å²) in [6.07, 6.45) is 4.10. The van der Waals surface area contributed by atoms with Crippen molar-refractivity contribution in [2.24, 2.45) is 11.8 Å². The van der Waals surface area contributed by atoms with Crippen LogP contribution in [-0.2, 0) is 4.79 Å². The number of aromatic nitrogens is 3. The summed E-state index contributed by atoms with van der Waals surface area (Å²) in [7, 11) is 1.54. The highest BCUT2D eigenvalue weighted by molar-refractivity contribution is 5.94. The molecule has 24 heavy (non-hydrogen) atoms. The molecular formula is C17H20N4O3. The number of methoxy groups -OCH3 is 1. The summed E-state index contributed by atoms with van der Waals surface area (Å²) in [6.45, 7) is 4.22. The van der Waals surface area contributed by atoms with E-state index in [0.29, 0.717) is 23.9 Å². The largest absolute Gasteiger partial charge is 0.490 e. The van der Waals surface area contributed by atoms with Gasteiger partial charge in [-0.1, -0.05) is 0 Å². The maximum absolute atomic E-state index is 12.3. The van der Waals surface area contributed by atoms with Crippen LogP contribution in [0.15, 0.2) is 24.5 Å². The summed E-state index contributed by atoms with van der Waals surface area (Å²) in [4.78, 5) is 24.7. The second-order valence-electron chi connectivity index (χ2n) is 5.86. The van der Waals surface area contributed by atoms with Gasteiger partial charge in [-0.25, -0.2) is 15.0 Å². The van der Waals surface area contributed by atoms with Crippen LogP contribution in [0.3, 0.4) is 0 Å². The number of nitrogens with zero attached hydrogens (tertiary/aromatic N) is 3. The Morgan fingerprint density at radius 3 is 2.96 bits per heavy atom. The van der Waals surface area contributed by atoms with Gasteiger partial charge in [0.2, 0.25) is 11.8 Å². The first-order valence-electron chi connectivity index (χ1n) is 7.80. The first-order valence-corrected chi connectivity index (χ1v) is 7.80. The van der Waals surface area contributed by atoms with E-state index in [-0.39, 0.29) is 17.7 Å². The monoisotopic (exact) mass is 328 g/mol. The number of hydrogen-bond acceptors (Lipinski definition) is 6. The fourth-order valence-electron chi connectivity index (χ4n) is 2.50. The van der Waals surface area contributed by atoms with Crippen molar-refractivity contribution < 1.29 is 14.3 Å². The first-order chi connectivity index (χ1) is 11.6. The van der Waals surface area contributed by atoms with Gasteiger partial charge in [0.1, 0.15) is 5.82 Å². The molecule has 3 rings (SSSR count). The number of pyridine rings is 1. The van der Waals surface area contributed by atoms with Crippen LogP contribution in [-0.4, -0.2) is 34.6 Å². The maximum Gasteiger partial charge on any atom is 0.227 e. The van der Waals surface area contributed by atoms with Gasteiger partial charge in [0, 0.05) is 29.8 Å². The van der Waals surface area contributed by atoms with Crippen molar-refractivity contribution in [2.75, 3.05) is 19.0 Å². The molecule has 1 saturated carbocycles. The second kappa shape index (κ2) is 6.82. The third kappa shape index (κ3) is 3.79. The van der Waals surface area contributed by atoms with Gasteiger partial charge in [-0.3, -0.25) is 4.79 Å². The minimum Gasteiger partial charge on any atom is -0.490 e. The number of anilines is 1. The van der Waals surface area contributed by atoms with Crippen molar-refractivity contribution >= 4 is 11.6 Å². The van der Waals surface area contributed by atoms with Crippen molar-refractivity contribution in [3.8, 4) is 11.6 Å². The van der Waals surface area contributed by atoms with Gasteiger partial charge in [-0.05, 0) is 26.3 Å². The lowest BCUT2D eigenvalue weighted by molar-refractivity contribution is -0.117. The Morgan fingerprint density at radius 1 is 1.38 bits per heavy atom. The van der Waals surface area contributed by atoms with Gasteiger partial charge in [0.05, 0.1) is 25.6 Å². The molecule has 0 aromatic carbocycles. The lowest BCUT2D eigenvalue weighted by Crippen LogP contribution is -2.16. The highest BCUT2D eigenvalue weighted by Crippen LogP contribution is 2.39. The maximum atomic E-state index is 12.3. The SMILES string of the molecule is COc1cc(NC(=O)C2CC2COc2cnc(C)nc2C)ccn1. The minimum absolute atomic E-state index is 0.00580. The van der Waals surface area contributed by atoms with Gasteiger partial charge >= 0.3 is 0 Å².